The third kappa shape index (κ3) is 3.75. The Morgan fingerprint density at radius 2 is 1.81 bits per heavy atom. The number of anilines is 1. The van der Waals surface area contributed by atoms with Crippen LogP contribution in [0.4, 0.5) is 5.69 Å². The highest BCUT2D eigenvalue weighted by Gasteiger charge is 2.17. The van der Waals surface area contributed by atoms with E-state index in [9.17, 15) is 13.2 Å². The summed E-state index contributed by atoms with van der Waals surface area (Å²) in [6.45, 7) is 1.37. The van der Waals surface area contributed by atoms with E-state index in [1.807, 2.05) is 0 Å². The first-order valence-corrected chi connectivity index (χ1v) is 8.12. The molecular formula is C14H11Cl2NO3S. The molecule has 0 aliphatic rings. The first kappa shape index (κ1) is 15.8. The molecule has 7 heteroatoms. The lowest BCUT2D eigenvalue weighted by Gasteiger charge is -2.10. The number of halogens is 2. The first-order valence-electron chi connectivity index (χ1n) is 5.88. The number of benzene rings is 2. The predicted octanol–water partition coefficient (Wildman–Crippen LogP) is 4.00. The zero-order chi connectivity index (χ0) is 15.6. The lowest BCUT2D eigenvalue weighted by Crippen LogP contribution is -2.13. The van der Waals surface area contributed by atoms with Crippen molar-refractivity contribution >= 4 is 44.7 Å². The van der Waals surface area contributed by atoms with Crippen LogP contribution in [0.1, 0.15) is 17.3 Å². The molecule has 4 nitrogen and oxygen atoms in total. The Labute approximate surface area is 132 Å². The largest absolute Gasteiger partial charge is 0.295 e. The zero-order valence-electron chi connectivity index (χ0n) is 10.9. The standard InChI is InChI=1S/C14H11Cl2NO3S/c1-9(18)10-3-2-4-12(7-10)21(19,20)17-14-6-5-11(15)8-13(14)16/h2-8,17H,1H3. The van der Waals surface area contributed by atoms with Gasteiger partial charge in [0.25, 0.3) is 10.0 Å². The lowest BCUT2D eigenvalue weighted by molar-refractivity contribution is 0.101. The molecule has 0 aliphatic heterocycles. The van der Waals surface area contributed by atoms with Gasteiger partial charge in [0, 0.05) is 10.6 Å². The molecule has 0 spiro atoms. The van der Waals surface area contributed by atoms with Crippen molar-refractivity contribution in [3.8, 4) is 0 Å². The van der Waals surface area contributed by atoms with Crippen LogP contribution < -0.4 is 4.72 Å². The summed E-state index contributed by atoms with van der Waals surface area (Å²) in [5, 5.41) is 0.593. The second-order valence-corrected chi connectivity index (χ2v) is 6.84. The average molecular weight is 344 g/mol. The molecule has 1 N–H and O–H groups in total. The summed E-state index contributed by atoms with van der Waals surface area (Å²) in [5.41, 5.74) is 0.536. The van der Waals surface area contributed by atoms with Crippen molar-refractivity contribution in [1.82, 2.24) is 0 Å². The molecule has 0 heterocycles. The Kier molecular flexibility index (Phi) is 4.56. The van der Waals surface area contributed by atoms with Crippen LogP contribution in [0.25, 0.3) is 0 Å². The van der Waals surface area contributed by atoms with E-state index in [0.29, 0.717) is 10.6 Å². The average Bonchev–Trinajstić information content (AvgIpc) is 2.42. The van der Waals surface area contributed by atoms with E-state index in [1.54, 1.807) is 6.07 Å². The van der Waals surface area contributed by atoms with E-state index in [-0.39, 0.29) is 21.4 Å². The van der Waals surface area contributed by atoms with E-state index in [2.05, 4.69) is 4.72 Å². The van der Waals surface area contributed by atoms with Gasteiger partial charge in [-0.2, -0.15) is 0 Å². The van der Waals surface area contributed by atoms with Crippen molar-refractivity contribution in [1.29, 1.82) is 0 Å². The molecule has 0 aromatic heterocycles. The SMILES string of the molecule is CC(=O)c1cccc(S(=O)(=O)Nc2ccc(Cl)cc2Cl)c1. The topological polar surface area (TPSA) is 63.2 Å². The number of hydrogen-bond donors (Lipinski definition) is 1. The maximum Gasteiger partial charge on any atom is 0.261 e. The Morgan fingerprint density at radius 1 is 1.10 bits per heavy atom. The van der Waals surface area contributed by atoms with E-state index < -0.39 is 10.0 Å². The number of nitrogens with one attached hydrogen (secondary N) is 1. The van der Waals surface area contributed by atoms with Crippen LogP contribution >= 0.6 is 23.2 Å². The molecule has 21 heavy (non-hydrogen) atoms. The summed E-state index contributed by atoms with van der Waals surface area (Å²) in [5.74, 6) is -0.212. The fourth-order valence-corrected chi connectivity index (χ4v) is 3.30. The molecule has 0 amide bonds. The Morgan fingerprint density at radius 3 is 2.43 bits per heavy atom. The summed E-state index contributed by atoms with van der Waals surface area (Å²) >= 11 is 11.7. The van der Waals surface area contributed by atoms with Gasteiger partial charge in [-0.15, -0.1) is 0 Å². The molecule has 0 atom stereocenters. The van der Waals surface area contributed by atoms with Gasteiger partial charge in [0.1, 0.15) is 0 Å². The van der Waals surface area contributed by atoms with Crippen LogP contribution in [0.15, 0.2) is 47.4 Å². The molecule has 0 fully saturated rings. The van der Waals surface area contributed by atoms with E-state index >= 15 is 0 Å². The molecule has 0 unspecified atom stereocenters. The minimum Gasteiger partial charge on any atom is -0.295 e. The quantitative estimate of drug-likeness (QED) is 0.853. The maximum atomic E-state index is 12.3. The second kappa shape index (κ2) is 6.05. The van der Waals surface area contributed by atoms with Gasteiger partial charge >= 0.3 is 0 Å². The van der Waals surface area contributed by atoms with Gasteiger partial charge in [-0.25, -0.2) is 8.42 Å². The fraction of sp³-hybridized carbons (Fsp3) is 0.0714. The minimum atomic E-state index is -3.83. The van der Waals surface area contributed by atoms with Gasteiger partial charge in [0.05, 0.1) is 15.6 Å². The van der Waals surface area contributed by atoms with E-state index in [1.165, 1.54) is 43.3 Å². The summed E-state index contributed by atoms with van der Waals surface area (Å²) in [6, 6.07) is 10.2. The van der Waals surface area contributed by atoms with Crippen molar-refractivity contribution in [3.63, 3.8) is 0 Å². The molecule has 110 valence electrons. The molecule has 0 saturated carbocycles. The molecular weight excluding hydrogens is 333 g/mol. The van der Waals surface area contributed by atoms with Crippen LogP contribution in [-0.2, 0) is 10.0 Å². The Bertz CT molecular complexity index is 804. The van der Waals surface area contributed by atoms with E-state index in [4.69, 9.17) is 23.2 Å². The molecule has 2 aromatic carbocycles. The number of sulfonamides is 1. The lowest BCUT2D eigenvalue weighted by atomic mass is 10.2. The predicted molar refractivity (Wildman–Crippen MR) is 83.7 cm³/mol. The summed E-state index contributed by atoms with van der Waals surface area (Å²) in [4.78, 5) is 11.3. The highest BCUT2D eigenvalue weighted by atomic mass is 35.5. The normalized spacial score (nSPS) is 11.2. The minimum absolute atomic E-state index is 0.0128. The monoisotopic (exact) mass is 343 g/mol. The molecule has 0 bridgehead atoms. The van der Waals surface area contributed by atoms with Crippen LogP contribution in [0.3, 0.4) is 0 Å². The van der Waals surface area contributed by atoms with Crippen LogP contribution in [0.2, 0.25) is 10.0 Å². The number of hydrogen-bond acceptors (Lipinski definition) is 3. The Hall–Kier alpha value is -1.56. The highest BCUT2D eigenvalue weighted by Crippen LogP contribution is 2.27. The first-order chi connectivity index (χ1) is 9.79. The number of carbonyl (C=O) groups excluding carboxylic acids is 1. The number of carbonyl (C=O) groups is 1. The van der Waals surface area contributed by atoms with Crippen molar-refractivity contribution in [2.24, 2.45) is 0 Å². The van der Waals surface area contributed by atoms with Gasteiger partial charge in [0.2, 0.25) is 0 Å². The summed E-state index contributed by atoms with van der Waals surface area (Å²) in [6.07, 6.45) is 0. The number of Topliss-reactive ketones (excluding diaryl/α,β-unsaturated/α-hetero) is 1. The van der Waals surface area contributed by atoms with Crippen molar-refractivity contribution in [2.45, 2.75) is 11.8 Å². The summed E-state index contributed by atoms with van der Waals surface area (Å²) < 4.78 is 27.0. The molecule has 0 saturated heterocycles. The molecule has 0 aliphatic carbocycles. The summed E-state index contributed by atoms with van der Waals surface area (Å²) in [7, 11) is -3.83. The zero-order valence-corrected chi connectivity index (χ0v) is 13.3. The molecule has 0 radical (unpaired) electrons. The highest BCUT2D eigenvalue weighted by molar-refractivity contribution is 7.92. The number of rotatable bonds is 4. The van der Waals surface area contributed by atoms with Crippen LogP contribution in [-0.4, -0.2) is 14.2 Å². The second-order valence-electron chi connectivity index (χ2n) is 4.31. The van der Waals surface area contributed by atoms with Crippen molar-refractivity contribution in [3.05, 3.63) is 58.1 Å². The maximum absolute atomic E-state index is 12.3. The third-order valence-electron chi connectivity index (χ3n) is 2.73. The van der Waals surface area contributed by atoms with Gasteiger partial charge in [0.15, 0.2) is 5.78 Å². The number of ketones is 1. The van der Waals surface area contributed by atoms with Crippen LogP contribution in [0, 0.1) is 0 Å². The van der Waals surface area contributed by atoms with Crippen molar-refractivity contribution < 1.29 is 13.2 Å². The van der Waals surface area contributed by atoms with Gasteiger partial charge in [-0.1, -0.05) is 35.3 Å². The van der Waals surface area contributed by atoms with E-state index in [0.717, 1.165) is 0 Å². The third-order valence-corrected chi connectivity index (χ3v) is 4.64. The smallest absolute Gasteiger partial charge is 0.261 e. The fourth-order valence-electron chi connectivity index (χ4n) is 1.66. The van der Waals surface area contributed by atoms with Gasteiger partial charge in [-0.05, 0) is 37.3 Å². The Balaban J connectivity index is 2.38. The molecule has 2 aromatic rings. The van der Waals surface area contributed by atoms with Gasteiger partial charge in [-0.3, -0.25) is 9.52 Å². The van der Waals surface area contributed by atoms with Crippen molar-refractivity contribution in [2.75, 3.05) is 4.72 Å². The van der Waals surface area contributed by atoms with Crippen LogP contribution in [0.5, 0.6) is 0 Å². The van der Waals surface area contributed by atoms with Gasteiger partial charge < -0.3 is 0 Å². The molecule has 2 rings (SSSR count).